The molecule has 0 aliphatic carbocycles. The second-order valence-corrected chi connectivity index (χ2v) is 6.54. The summed E-state index contributed by atoms with van der Waals surface area (Å²) in [6.45, 7) is 5.12. The highest BCUT2D eigenvalue weighted by atomic mass is 16.5. The third-order valence-corrected chi connectivity index (χ3v) is 4.73. The summed E-state index contributed by atoms with van der Waals surface area (Å²) in [5, 5.41) is 7.76. The lowest BCUT2D eigenvalue weighted by Crippen LogP contribution is -1.96. The van der Waals surface area contributed by atoms with Crippen molar-refractivity contribution in [2.45, 2.75) is 26.7 Å². The molecule has 0 atom stereocenters. The first-order valence-corrected chi connectivity index (χ1v) is 8.75. The quantitative estimate of drug-likeness (QED) is 0.303. The highest BCUT2D eigenvalue weighted by Gasteiger charge is 2.06. The van der Waals surface area contributed by atoms with Crippen molar-refractivity contribution in [2.24, 2.45) is 0 Å². The summed E-state index contributed by atoms with van der Waals surface area (Å²) in [5.74, 6) is 0.966. The SMILES string of the molecule is CCCCOc1ccc2ccc3c4cc(C)ccc4ccc3c2c1. The minimum absolute atomic E-state index is 0.787. The first-order chi connectivity index (χ1) is 11.8. The average molecular weight is 314 g/mol. The van der Waals surface area contributed by atoms with Gasteiger partial charge in [-0.2, -0.15) is 0 Å². The molecule has 0 unspecified atom stereocenters. The predicted molar refractivity (Wildman–Crippen MR) is 104 cm³/mol. The molecule has 1 nitrogen and oxygen atoms in total. The molecule has 0 aliphatic rings. The predicted octanol–water partition coefficient (Wildman–Crippen LogP) is 6.63. The molecular formula is C23H22O. The van der Waals surface area contributed by atoms with Gasteiger partial charge in [0.1, 0.15) is 5.75 Å². The molecular weight excluding hydrogens is 292 g/mol. The topological polar surface area (TPSA) is 9.23 Å². The Labute approximate surface area is 142 Å². The van der Waals surface area contributed by atoms with Gasteiger partial charge in [-0.25, -0.2) is 0 Å². The van der Waals surface area contributed by atoms with E-state index >= 15 is 0 Å². The monoisotopic (exact) mass is 314 g/mol. The van der Waals surface area contributed by atoms with Gasteiger partial charge in [0.05, 0.1) is 6.61 Å². The van der Waals surface area contributed by atoms with E-state index in [9.17, 15) is 0 Å². The van der Waals surface area contributed by atoms with Gasteiger partial charge in [0.15, 0.2) is 0 Å². The van der Waals surface area contributed by atoms with E-state index in [0.717, 1.165) is 25.2 Å². The van der Waals surface area contributed by atoms with E-state index in [2.05, 4.69) is 74.5 Å². The number of hydrogen-bond donors (Lipinski definition) is 0. The van der Waals surface area contributed by atoms with Crippen LogP contribution < -0.4 is 4.74 Å². The Balaban J connectivity index is 1.93. The Bertz CT molecular complexity index is 1030. The third-order valence-electron chi connectivity index (χ3n) is 4.73. The minimum Gasteiger partial charge on any atom is -0.494 e. The number of rotatable bonds is 4. The van der Waals surface area contributed by atoms with Crippen LogP contribution in [0, 0.1) is 6.92 Å². The fourth-order valence-electron chi connectivity index (χ4n) is 3.38. The van der Waals surface area contributed by atoms with E-state index in [0.29, 0.717) is 0 Å². The summed E-state index contributed by atoms with van der Waals surface area (Å²) < 4.78 is 5.91. The molecule has 0 amide bonds. The maximum absolute atomic E-state index is 5.91. The molecule has 120 valence electrons. The van der Waals surface area contributed by atoms with Crippen molar-refractivity contribution >= 4 is 32.3 Å². The van der Waals surface area contributed by atoms with Crippen molar-refractivity contribution in [1.82, 2.24) is 0 Å². The number of fused-ring (bicyclic) bond motifs is 5. The fraction of sp³-hybridized carbons (Fsp3) is 0.217. The lowest BCUT2D eigenvalue weighted by atomic mass is 9.96. The van der Waals surface area contributed by atoms with E-state index < -0.39 is 0 Å². The number of ether oxygens (including phenoxy) is 1. The summed E-state index contributed by atoms with van der Waals surface area (Å²) in [5.41, 5.74) is 1.30. The molecule has 0 bridgehead atoms. The van der Waals surface area contributed by atoms with Gasteiger partial charge in [-0.1, -0.05) is 67.4 Å². The summed E-state index contributed by atoms with van der Waals surface area (Å²) in [7, 11) is 0. The van der Waals surface area contributed by atoms with Crippen LogP contribution in [0.5, 0.6) is 5.75 Å². The van der Waals surface area contributed by atoms with Crippen LogP contribution in [-0.4, -0.2) is 6.61 Å². The molecule has 4 aromatic carbocycles. The summed E-state index contributed by atoms with van der Waals surface area (Å²) >= 11 is 0. The number of hydrogen-bond acceptors (Lipinski definition) is 1. The largest absolute Gasteiger partial charge is 0.494 e. The van der Waals surface area contributed by atoms with Gasteiger partial charge in [-0.3, -0.25) is 0 Å². The Morgan fingerprint density at radius 3 is 2.04 bits per heavy atom. The standard InChI is InChI=1S/C23H22O/c1-3-4-13-24-19-10-7-18-9-11-20-21(23(18)15-19)12-8-17-6-5-16(2)14-22(17)20/h5-12,14-15H,3-4,13H2,1-2H3. The Morgan fingerprint density at radius 1 is 0.708 bits per heavy atom. The molecule has 0 saturated heterocycles. The lowest BCUT2D eigenvalue weighted by Gasteiger charge is -2.11. The molecule has 24 heavy (non-hydrogen) atoms. The van der Waals surface area contributed by atoms with E-state index in [1.54, 1.807) is 0 Å². The summed E-state index contributed by atoms with van der Waals surface area (Å²) in [4.78, 5) is 0. The van der Waals surface area contributed by atoms with Crippen LogP contribution >= 0.6 is 0 Å². The van der Waals surface area contributed by atoms with E-state index in [1.165, 1.54) is 37.9 Å². The highest BCUT2D eigenvalue weighted by Crippen LogP contribution is 2.33. The second kappa shape index (κ2) is 6.16. The van der Waals surface area contributed by atoms with Crippen LogP contribution in [0.1, 0.15) is 25.3 Å². The molecule has 0 heterocycles. The van der Waals surface area contributed by atoms with Gasteiger partial charge in [0.25, 0.3) is 0 Å². The normalized spacial score (nSPS) is 11.4. The zero-order valence-electron chi connectivity index (χ0n) is 14.3. The zero-order valence-corrected chi connectivity index (χ0v) is 14.3. The van der Waals surface area contributed by atoms with Gasteiger partial charge < -0.3 is 4.74 Å². The van der Waals surface area contributed by atoms with Crippen LogP contribution in [0.25, 0.3) is 32.3 Å². The number of benzene rings is 4. The van der Waals surface area contributed by atoms with E-state index in [-0.39, 0.29) is 0 Å². The van der Waals surface area contributed by atoms with Crippen LogP contribution in [0.4, 0.5) is 0 Å². The molecule has 0 radical (unpaired) electrons. The maximum atomic E-state index is 5.91. The van der Waals surface area contributed by atoms with E-state index in [4.69, 9.17) is 4.74 Å². The molecule has 0 fully saturated rings. The van der Waals surface area contributed by atoms with Crippen molar-refractivity contribution in [1.29, 1.82) is 0 Å². The fourth-order valence-corrected chi connectivity index (χ4v) is 3.38. The van der Waals surface area contributed by atoms with Gasteiger partial charge in [0, 0.05) is 0 Å². The van der Waals surface area contributed by atoms with Gasteiger partial charge in [0.2, 0.25) is 0 Å². The van der Waals surface area contributed by atoms with E-state index in [1.807, 2.05) is 0 Å². The first kappa shape index (κ1) is 15.0. The third kappa shape index (κ3) is 2.60. The van der Waals surface area contributed by atoms with Gasteiger partial charge >= 0.3 is 0 Å². The molecule has 0 aromatic heterocycles. The Hall–Kier alpha value is -2.54. The molecule has 0 N–H and O–H groups in total. The van der Waals surface area contributed by atoms with Crippen LogP contribution in [0.15, 0.2) is 60.7 Å². The van der Waals surface area contributed by atoms with Gasteiger partial charge in [-0.05, 0) is 57.8 Å². The highest BCUT2D eigenvalue weighted by molar-refractivity contribution is 6.17. The minimum atomic E-state index is 0.787. The van der Waals surface area contributed by atoms with Crippen molar-refractivity contribution in [3.63, 3.8) is 0 Å². The van der Waals surface area contributed by atoms with Crippen molar-refractivity contribution < 1.29 is 4.74 Å². The zero-order chi connectivity index (χ0) is 16.5. The summed E-state index contributed by atoms with van der Waals surface area (Å²) in [6.07, 6.45) is 2.25. The maximum Gasteiger partial charge on any atom is 0.119 e. The molecule has 4 rings (SSSR count). The lowest BCUT2D eigenvalue weighted by molar-refractivity contribution is 0.310. The number of unbranched alkanes of at least 4 members (excludes halogenated alkanes) is 1. The van der Waals surface area contributed by atoms with Crippen LogP contribution in [0.3, 0.4) is 0 Å². The average Bonchev–Trinajstić information content (AvgIpc) is 2.61. The van der Waals surface area contributed by atoms with Gasteiger partial charge in [-0.15, -0.1) is 0 Å². The second-order valence-electron chi connectivity index (χ2n) is 6.54. The van der Waals surface area contributed by atoms with Crippen molar-refractivity contribution in [3.8, 4) is 5.75 Å². The molecule has 0 aliphatic heterocycles. The Kier molecular flexibility index (Phi) is 3.86. The molecule has 4 aromatic rings. The summed E-state index contributed by atoms with van der Waals surface area (Å²) in [6, 6.07) is 22.0. The number of aryl methyl sites for hydroxylation is 1. The van der Waals surface area contributed by atoms with Crippen molar-refractivity contribution in [2.75, 3.05) is 6.61 Å². The van der Waals surface area contributed by atoms with Crippen LogP contribution in [0.2, 0.25) is 0 Å². The molecule has 1 heteroatoms. The smallest absolute Gasteiger partial charge is 0.119 e. The molecule has 0 saturated carbocycles. The Morgan fingerprint density at radius 2 is 1.33 bits per heavy atom. The van der Waals surface area contributed by atoms with Crippen molar-refractivity contribution in [3.05, 3.63) is 66.2 Å². The first-order valence-electron chi connectivity index (χ1n) is 8.75. The molecule has 0 spiro atoms. The van der Waals surface area contributed by atoms with Crippen LogP contribution in [-0.2, 0) is 0 Å².